The Balaban J connectivity index is 1.48. The third-order valence-electron chi connectivity index (χ3n) is 4.75. The molecule has 3 heterocycles. The van der Waals surface area contributed by atoms with Gasteiger partial charge in [0, 0.05) is 25.2 Å². The van der Waals surface area contributed by atoms with Crippen molar-refractivity contribution in [2.45, 2.75) is 48.5 Å². The van der Waals surface area contributed by atoms with E-state index in [4.69, 9.17) is 0 Å². The first-order valence-corrected chi connectivity index (χ1v) is 10.0. The summed E-state index contributed by atoms with van der Waals surface area (Å²) in [6.45, 7) is 2.36. The van der Waals surface area contributed by atoms with Gasteiger partial charge in [0.1, 0.15) is 16.8 Å². The maximum Gasteiger partial charge on any atom is 0.176 e. The summed E-state index contributed by atoms with van der Waals surface area (Å²) in [6, 6.07) is 1.32. The van der Waals surface area contributed by atoms with E-state index in [1.165, 1.54) is 38.6 Å². The molecule has 1 N–H and O–H groups in total. The molecule has 1 saturated carbocycles. The molecule has 22 heavy (non-hydrogen) atoms. The lowest BCUT2D eigenvalue weighted by molar-refractivity contribution is 0.245. The Morgan fingerprint density at radius 3 is 2.95 bits per heavy atom. The molecule has 0 amide bonds. The average molecular weight is 336 g/mol. The zero-order chi connectivity index (χ0) is 14.9. The van der Waals surface area contributed by atoms with Crippen LogP contribution in [0.2, 0.25) is 0 Å². The van der Waals surface area contributed by atoms with Crippen LogP contribution in [0.1, 0.15) is 32.1 Å². The molecule has 7 heteroatoms. The van der Waals surface area contributed by atoms with Gasteiger partial charge in [0.25, 0.3) is 0 Å². The molecule has 0 aromatic carbocycles. The standard InChI is InChI=1S/C15H21N5S2/c1-21-15-19-14-12(22-15)13(16-9-17-14)18-10-6-7-20(8-10)11-4-2-3-5-11/h9-11H,2-8H2,1H3,(H,16,17,18). The number of hydrogen-bond acceptors (Lipinski definition) is 7. The normalized spacial score (nSPS) is 23.6. The minimum Gasteiger partial charge on any atom is -0.365 e. The lowest BCUT2D eigenvalue weighted by Crippen LogP contribution is -2.33. The van der Waals surface area contributed by atoms with Crippen LogP contribution in [-0.4, -0.2) is 51.3 Å². The molecule has 5 nitrogen and oxygen atoms in total. The van der Waals surface area contributed by atoms with Crippen molar-refractivity contribution in [3.05, 3.63) is 6.33 Å². The molecule has 2 aromatic heterocycles. The number of nitrogens with zero attached hydrogens (tertiary/aromatic N) is 4. The number of rotatable bonds is 4. The fraction of sp³-hybridized carbons (Fsp3) is 0.667. The van der Waals surface area contributed by atoms with Gasteiger partial charge in [-0.1, -0.05) is 24.6 Å². The Hall–Kier alpha value is -0.920. The lowest BCUT2D eigenvalue weighted by Gasteiger charge is -2.23. The Morgan fingerprint density at radius 2 is 2.14 bits per heavy atom. The highest BCUT2D eigenvalue weighted by Crippen LogP contribution is 2.32. The minimum atomic E-state index is 0.499. The van der Waals surface area contributed by atoms with Gasteiger partial charge in [0.05, 0.1) is 0 Å². The maximum atomic E-state index is 4.52. The van der Waals surface area contributed by atoms with Crippen molar-refractivity contribution in [1.29, 1.82) is 0 Å². The highest BCUT2D eigenvalue weighted by atomic mass is 32.2. The van der Waals surface area contributed by atoms with Crippen LogP contribution < -0.4 is 5.32 Å². The Kier molecular flexibility index (Phi) is 4.19. The van der Waals surface area contributed by atoms with E-state index < -0.39 is 0 Å². The number of nitrogens with one attached hydrogen (secondary N) is 1. The van der Waals surface area contributed by atoms with Crippen LogP contribution in [0.5, 0.6) is 0 Å². The van der Waals surface area contributed by atoms with Gasteiger partial charge in [-0.15, -0.1) is 11.3 Å². The highest BCUT2D eigenvalue weighted by Gasteiger charge is 2.30. The molecule has 1 aliphatic heterocycles. The quantitative estimate of drug-likeness (QED) is 0.866. The van der Waals surface area contributed by atoms with Gasteiger partial charge in [0.15, 0.2) is 9.99 Å². The van der Waals surface area contributed by atoms with Crippen molar-refractivity contribution in [3.63, 3.8) is 0 Å². The first-order chi connectivity index (χ1) is 10.8. The lowest BCUT2D eigenvalue weighted by atomic mass is 10.2. The van der Waals surface area contributed by atoms with E-state index in [1.807, 2.05) is 0 Å². The predicted octanol–water partition coefficient (Wildman–Crippen LogP) is 3.24. The number of hydrogen-bond donors (Lipinski definition) is 1. The van der Waals surface area contributed by atoms with E-state index in [9.17, 15) is 0 Å². The summed E-state index contributed by atoms with van der Waals surface area (Å²) in [5, 5.41) is 3.64. The SMILES string of the molecule is CSc1nc2ncnc(NC3CCN(C4CCCC4)C3)c2s1. The third kappa shape index (κ3) is 2.81. The van der Waals surface area contributed by atoms with Crippen molar-refractivity contribution >= 4 is 39.3 Å². The summed E-state index contributed by atoms with van der Waals surface area (Å²) in [6.07, 6.45) is 10.5. The summed E-state index contributed by atoms with van der Waals surface area (Å²) in [7, 11) is 0. The number of thioether (sulfide) groups is 1. The predicted molar refractivity (Wildman–Crippen MR) is 92.8 cm³/mol. The number of fused-ring (bicyclic) bond motifs is 1. The summed E-state index contributed by atoms with van der Waals surface area (Å²) in [4.78, 5) is 15.9. The molecular formula is C15H21N5S2. The first kappa shape index (κ1) is 14.7. The van der Waals surface area contributed by atoms with Gasteiger partial charge < -0.3 is 5.32 Å². The van der Waals surface area contributed by atoms with Gasteiger partial charge in [-0.25, -0.2) is 15.0 Å². The highest BCUT2D eigenvalue weighted by molar-refractivity contribution is 8.00. The second-order valence-electron chi connectivity index (χ2n) is 6.12. The zero-order valence-corrected chi connectivity index (χ0v) is 14.4. The van der Waals surface area contributed by atoms with Crippen molar-refractivity contribution < 1.29 is 0 Å². The maximum absolute atomic E-state index is 4.52. The van der Waals surface area contributed by atoms with Gasteiger partial charge in [-0.3, -0.25) is 4.90 Å². The summed E-state index contributed by atoms with van der Waals surface area (Å²) >= 11 is 3.35. The topological polar surface area (TPSA) is 53.9 Å². The summed E-state index contributed by atoms with van der Waals surface area (Å²) < 4.78 is 2.14. The second kappa shape index (κ2) is 6.29. The van der Waals surface area contributed by atoms with Gasteiger partial charge in [0.2, 0.25) is 0 Å². The van der Waals surface area contributed by atoms with Crippen LogP contribution in [-0.2, 0) is 0 Å². The number of likely N-dealkylation sites (tertiary alicyclic amines) is 1. The molecule has 2 aromatic rings. The van der Waals surface area contributed by atoms with E-state index in [1.54, 1.807) is 29.4 Å². The molecule has 1 aliphatic carbocycles. The van der Waals surface area contributed by atoms with Crippen LogP contribution in [0, 0.1) is 0 Å². The average Bonchev–Trinajstić information content (AvgIpc) is 3.27. The number of aromatic nitrogens is 3. The van der Waals surface area contributed by atoms with Crippen molar-refractivity contribution in [3.8, 4) is 0 Å². The fourth-order valence-corrected chi connectivity index (χ4v) is 5.09. The number of anilines is 1. The minimum absolute atomic E-state index is 0.499. The molecule has 0 spiro atoms. The van der Waals surface area contributed by atoms with Crippen LogP contribution in [0.25, 0.3) is 10.3 Å². The van der Waals surface area contributed by atoms with E-state index in [2.05, 4.69) is 31.4 Å². The Labute approximate surface area is 138 Å². The van der Waals surface area contributed by atoms with Crippen LogP contribution >= 0.6 is 23.1 Å². The van der Waals surface area contributed by atoms with Gasteiger partial charge >= 0.3 is 0 Å². The molecule has 0 bridgehead atoms. The largest absolute Gasteiger partial charge is 0.365 e. The van der Waals surface area contributed by atoms with Crippen molar-refractivity contribution in [2.24, 2.45) is 0 Å². The first-order valence-electron chi connectivity index (χ1n) is 7.99. The molecule has 2 fully saturated rings. The monoisotopic (exact) mass is 335 g/mol. The van der Waals surface area contributed by atoms with E-state index in [-0.39, 0.29) is 0 Å². The van der Waals surface area contributed by atoms with Gasteiger partial charge in [-0.2, -0.15) is 0 Å². The van der Waals surface area contributed by atoms with Crippen LogP contribution in [0.4, 0.5) is 5.82 Å². The summed E-state index contributed by atoms with van der Waals surface area (Å²) in [5.41, 5.74) is 0.817. The van der Waals surface area contributed by atoms with Crippen LogP contribution in [0.15, 0.2) is 10.7 Å². The molecular weight excluding hydrogens is 314 g/mol. The Bertz CT molecular complexity index is 652. The van der Waals surface area contributed by atoms with Crippen LogP contribution in [0.3, 0.4) is 0 Å². The molecule has 0 radical (unpaired) electrons. The van der Waals surface area contributed by atoms with E-state index >= 15 is 0 Å². The fourth-order valence-electron chi connectivity index (χ4n) is 3.62. The van der Waals surface area contributed by atoms with E-state index in [0.29, 0.717) is 6.04 Å². The molecule has 1 atom stereocenters. The molecule has 2 aliphatic rings. The molecule has 4 rings (SSSR count). The second-order valence-corrected chi connectivity index (χ2v) is 8.17. The summed E-state index contributed by atoms with van der Waals surface area (Å²) in [5.74, 6) is 0.959. The zero-order valence-electron chi connectivity index (χ0n) is 12.8. The molecule has 1 unspecified atom stereocenters. The van der Waals surface area contributed by atoms with E-state index in [0.717, 1.165) is 33.1 Å². The van der Waals surface area contributed by atoms with Crippen molar-refractivity contribution in [1.82, 2.24) is 19.9 Å². The molecule has 118 valence electrons. The Morgan fingerprint density at radius 1 is 1.27 bits per heavy atom. The van der Waals surface area contributed by atoms with Gasteiger partial charge in [-0.05, 0) is 25.5 Å². The third-order valence-corrected chi connectivity index (χ3v) is 6.78. The number of thiazole rings is 1. The molecule has 1 saturated heterocycles. The van der Waals surface area contributed by atoms with Crippen molar-refractivity contribution in [2.75, 3.05) is 24.7 Å². The smallest absolute Gasteiger partial charge is 0.176 e.